The van der Waals surface area contributed by atoms with E-state index >= 15 is 0 Å². The van der Waals surface area contributed by atoms with Gasteiger partial charge in [0.15, 0.2) is 10.8 Å². The van der Waals surface area contributed by atoms with Crippen LogP contribution in [0.3, 0.4) is 0 Å². The molecule has 1 aromatic heterocycles. The predicted octanol–water partition coefficient (Wildman–Crippen LogP) is -0.866. The average molecular weight is 492 g/mol. The lowest BCUT2D eigenvalue weighted by molar-refractivity contribution is -0.160. The number of oxime groups is 1. The molecule has 0 spiro atoms. The fraction of sp³-hybridized carbons (Fsp3) is 0.500. The summed E-state index contributed by atoms with van der Waals surface area (Å²) in [6, 6.07) is -0.890. The molecule has 2 aliphatic heterocycles. The monoisotopic (exact) mass is 491 g/mol. The van der Waals surface area contributed by atoms with Gasteiger partial charge in [-0.2, -0.15) is 0 Å². The zero-order chi connectivity index (χ0) is 22.8. The van der Waals surface area contributed by atoms with Gasteiger partial charge in [-0.1, -0.05) is 5.16 Å². The van der Waals surface area contributed by atoms with Crippen molar-refractivity contribution in [2.45, 2.75) is 11.4 Å². The number of aromatic nitrogens is 1. The van der Waals surface area contributed by atoms with Gasteiger partial charge in [-0.05, 0) is 0 Å². The van der Waals surface area contributed by atoms with Crippen LogP contribution in [0.15, 0.2) is 10.5 Å². The number of fused-ring (bicyclic) bond motifs is 1. The molecule has 1 aromatic rings. The molecule has 3 rings (SSSR count). The van der Waals surface area contributed by atoms with E-state index < -0.39 is 47.1 Å². The number of nitrogens with one attached hydrogen (secondary N) is 2. The van der Waals surface area contributed by atoms with Crippen molar-refractivity contribution in [1.29, 1.82) is 0 Å². The van der Waals surface area contributed by atoms with Gasteiger partial charge < -0.3 is 30.6 Å². The Bertz CT molecular complexity index is 941. The molecule has 3 atom stereocenters. The Morgan fingerprint density at radius 1 is 1.48 bits per heavy atom. The second-order valence-corrected chi connectivity index (χ2v) is 8.93. The Hall–Kier alpha value is -2.42. The van der Waals surface area contributed by atoms with Gasteiger partial charge in [-0.15, -0.1) is 34.7 Å². The van der Waals surface area contributed by atoms with Crippen LogP contribution >= 0.6 is 34.7 Å². The number of thiazole rings is 1. The molecule has 2 fully saturated rings. The molecule has 2 unspecified atom stereocenters. The van der Waals surface area contributed by atoms with Gasteiger partial charge in [0.25, 0.3) is 5.91 Å². The summed E-state index contributed by atoms with van der Waals surface area (Å²) < 4.78 is 0. The average Bonchev–Trinajstić information content (AvgIpc) is 3.22. The largest absolute Gasteiger partial charge is 0.481 e. The van der Waals surface area contributed by atoms with Gasteiger partial charge >= 0.3 is 5.97 Å². The number of hydrogen-bond acceptors (Lipinski definition) is 10. The third-order valence-electron chi connectivity index (χ3n) is 4.70. The van der Waals surface area contributed by atoms with E-state index in [4.69, 9.17) is 16.4 Å². The lowest BCUT2D eigenvalue weighted by atomic mass is 9.88. The van der Waals surface area contributed by atoms with E-state index in [1.165, 1.54) is 29.2 Å². The zero-order valence-electron chi connectivity index (χ0n) is 16.0. The minimum atomic E-state index is -1.43. The molecule has 15 heteroatoms. The number of rotatable bonds is 8. The van der Waals surface area contributed by atoms with Crippen molar-refractivity contribution in [3.05, 3.63) is 11.1 Å². The Balaban J connectivity index is 1.69. The second kappa shape index (κ2) is 9.38. The number of alkyl halides is 1. The molecule has 168 valence electrons. The number of hydrogen-bond donors (Lipinski definition) is 4. The number of carboxylic acids is 1. The van der Waals surface area contributed by atoms with Crippen molar-refractivity contribution in [2.75, 3.05) is 37.2 Å². The van der Waals surface area contributed by atoms with Crippen molar-refractivity contribution >= 4 is 69.2 Å². The molecule has 0 saturated carbocycles. The summed E-state index contributed by atoms with van der Waals surface area (Å²) in [5.41, 5.74) is -1.51. The van der Waals surface area contributed by atoms with Crippen LogP contribution in [0.1, 0.15) is 5.69 Å². The highest BCUT2D eigenvalue weighted by molar-refractivity contribution is 8.00. The maximum Gasteiger partial charge on any atom is 0.314 e. The van der Waals surface area contributed by atoms with Gasteiger partial charge in [0.2, 0.25) is 11.8 Å². The highest BCUT2D eigenvalue weighted by Crippen LogP contribution is 2.42. The minimum absolute atomic E-state index is 0.0917. The van der Waals surface area contributed by atoms with E-state index in [-0.39, 0.29) is 34.7 Å². The van der Waals surface area contributed by atoms with Crippen molar-refractivity contribution in [1.82, 2.24) is 15.2 Å². The number of nitrogens with zero attached hydrogens (tertiary/aromatic N) is 3. The molecular weight excluding hydrogens is 474 g/mol. The summed E-state index contributed by atoms with van der Waals surface area (Å²) in [6.45, 7) is -0.740. The summed E-state index contributed by atoms with van der Waals surface area (Å²) in [6.07, 6.45) is 0. The first-order valence-corrected chi connectivity index (χ1v) is 11.2. The third-order valence-corrected chi connectivity index (χ3v) is 7.29. The van der Waals surface area contributed by atoms with Crippen molar-refractivity contribution in [3.63, 3.8) is 0 Å². The van der Waals surface area contributed by atoms with Crippen LogP contribution in [0.5, 0.6) is 0 Å². The molecule has 4 N–H and O–H groups in total. The molecule has 12 nitrogen and oxygen atoms in total. The zero-order valence-corrected chi connectivity index (χ0v) is 18.4. The van der Waals surface area contributed by atoms with Crippen LogP contribution in [-0.4, -0.2) is 92.8 Å². The molecular formula is C16H18ClN5O7S2. The van der Waals surface area contributed by atoms with E-state index in [1.807, 2.05) is 0 Å². The van der Waals surface area contributed by atoms with Gasteiger partial charge in [0, 0.05) is 17.7 Å². The molecule has 0 radical (unpaired) electrons. The normalized spacial score (nSPS) is 25.3. The minimum Gasteiger partial charge on any atom is -0.481 e. The third kappa shape index (κ3) is 4.46. The van der Waals surface area contributed by atoms with E-state index in [0.29, 0.717) is 0 Å². The van der Waals surface area contributed by atoms with Gasteiger partial charge in [-0.25, -0.2) is 4.98 Å². The summed E-state index contributed by atoms with van der Waals surface area (Å²) >= 11 is 7.65. The number of anilines is 1. The molecule has 0 aromatic carbocycles. The van der Waals surface area contributed by atoms with Crippen LogP contribution in [0.4, 0.5) is 5.13 Å². The fourth-order valence-corrected chi connectivity index (χ4v) is 5.33. The van der Waals surface area contributed by atoms with Crippen LogP contribution in [0, 0.1) is 5.41 Å². The number of carboxylic acid groups (broad SMARTS) is 1. The predicted molar refractivity (Wildman–Crippen MR) is 112 cm³/mol. The van der Waals surface area contributed by atoms with Gasteiger partial charge in [0.05, 0.1) is 6.61 Å². The van der Waals surface area contributed by atoms with Crippen LogP contribution in [-0.2, 0) is 24.0 Å². The molecule has 3 heterocycles. The molecule has 0 bridgehead atoms. The number of aliphatic hydroxyl groups is 1. The van der Waals surface area contributed by atoms with Crippen LogP contribution < -0.4 is 10.6 Å². The summed E-state index contributed by atoms with van der Waals surface area (Å²) in [5, 5.41) is 28.8. The first-order valence-electron chi connectivity index (χ1n) is 8.76. The lowest BCUT2D eigenvalue weighted by Crippen LogP contribution is -2.74. The fourth-order valence-electron chi connectivity index (χ4n) is 3.02. The molecule has 2 aliphatic rings. The van der Waals surface area contributed by atoms with E-state index in [9.17, 15) is 29.4 Å². The van der Waals surface area contributed by atoms with Crippen LogP contribution in [0.2, 0.25) is 0 Å². The SMILES string of the molecule is CON=C(C(=O)NC1C(=O)N2CC(CO)(C(=O)O)CS[C@H]12)c1csc(NC(=O)CCl)n1. The number of halogens is 1. The molecule has 3 amide bonds. The van der Waals surface area contributed by atoms with Crippen molar-refractivity contribution in [3.8, 4) is 0 Å². The number of thioether (sulfide) groups is 1. The molecule has 31 heavy (non-hydrogen) atoms. The number of β-lactam (4-membered cyclic amide) rings is 1. The maximum atomic E-state index is 12.8. The van der Waals surface area contributed by atoms with E-state index in [2.05, 4.69) is 20.8 Å². The number of carbonyl (C=O) groups excluding carboxylic acids is 3. The number of aliphatic carboxylic acids is 1. The Kier molecular flexibility index (Phi) is 7.03. The molecule has 2 saturated heterocycles. The smallest absolute Gasteiger partial charge is 0.314 e. The maximum absolute atomic E-state index is 12.8. The summed E-state index contributed by atoms with van der Waals surface area (Å²) in [4.78, 5) is 58.3. The Morgan fingerprint density at radius 2 is 2.23 bits per heavy atom. The van der Waals surface area contributed by atoms with Crippen molar-refractivity contribution < 1.29 is 34.2 Å². The first kappa shape index (κ1) is 23.2. The standard InChI is InChI=1S/C16H18ClN5O7S2/c1-29-21-9(7-3-30-15(18-7)19-8(24)2-17)11(25)20-10-12(26)22-4-16(5-23,14(27)28)6-31-13(10)22/h3,10,13,23H,2,4-6H2,1H3,(H,20,25)(H,27,28)(H,18,19,24)/t10?,13-,16?/m1/s1. The van der Waals surface area contributed by atoms with E-state index in [0.717, 1.165) is 11.3 Å². The van der Waals surface area contributed by atoms with E-state index in [1.54, 1.807) is 0 Å². The summed E-state index contributed by atoms with van der Waals surface area (Å²) in [7, 11) is 1.24. The highest BCUT2D eigenvalue weighted by Gasteiger charge is 2.57. The quantitative estimate of drug-likeness (QED) is 0.156. The van der Waals surface area contributed by atoms with Gasteiger partial charge in [0.1, 0.15) is 35.5 Å². The first-order chi connectivity index (χ1) is 14.8. The Morgan fingerprint density at radius 3 is 2.84 bits per heavy atom. The Labute approximate surface area is 189 Å². The van der Waals surface area contributed by atoms with Crippen LogP contribution in [0.25, 0.3) is 0 Å². The highest BCUT2D eigenvalue weighted by atomic mass is 35.5. The second-order valence-electron chi connectivity index (χ2n) is 6.70. The number of carbonyl (C=O) groups is 4. The van der Waals surface area contributed by atoms with Crippen molar-refractivity contribution in [2.24, 2.45) is 10.6 Å². The topological polar surface area (TPSA) is 171 Å². The number of amides is 3. The molecule has 0 aliphatic carbocycles. The number of aliphatic hydroxyl groups excluding tert-OH is 1. The lowest BCUT2D eigenvalue weighted by Gasteiger charge is -2.53. The van der Waals surface area contributed by atoms with Gasteiger partial charge in [-0.3, -0.25) is 19.2 Å². The summed E-state index contributed by atoms with van der Waals surface area (Å²) in [5.74, 6) is -3.00.